The first-order valence-corrected chi connectivity index (χ1v) is 11.4. The zero-order valence-electron chi connectivity index (χ0n) is 17.0. The predicted octanol–water partition coefficient (Wildman–Crippen LogP) is 3.19. The number of benzene rings is 2. The Morgan fingerprint density at radius 2 is 1.84 bits per heavy atom. The molecule has 1 fully saturated rings. The first kappa shape index (κ1) is 21.2. The molecular formula is C22H23FN4O3S. The van der Waals surface area contributed by atoms with Crippen LogP contribution in [-0.2, 0) is 10.0 Å². The molecule has 1 aliphatic heterocycles. The van der Waals surface area contributed by atoms with Crippen LogP contribution in [0.1, 0.15) is 40.6 Å². The minimum Gasteiger partial charge on any atom is -0.364 e. The molecule has 9 heteroatoms. The number of amides is 1. The van der Waals surface area contributed by atoms with Gasteiger partial charge in [-0.3, -0.25) is 4.79 Å². The van der Waals surface area contributed by atoms with Gasteiger partial charge in [0.1, 0.15) is 23.0 Å². The highest BCUT2D eigenvalue weighted by atomic mass is 32.2. The van der Waals surface area contributed by atoms with Gasteiger partial charge in [0.05, 0.1) is 4.90 Å². The Kier molecular flexibility index (Phi) is 5.63. The molecule has 162 valence electrons. The van der Waals surface area contributed by atoms with Crippen LogP contribution in [0, 0.1) is 12.7 Å². The molecule has 4 rings (SSSR count). The molecule has 31 heavy (non-hydrogen) atoms. The van der Waals surface area contributed by atoms with Gasteiger partial charge in [0, 0.05) is 24.6 Å². The maximum atomic E-state index is 13.9. The molecular weight excluding hydrogens is 419 g/mol. The monoisotopic (exact) mass is 442 g/mol. The fourth-order valence-electron chi connectivity index (χ4n) is 3.82. The van der Waals surface area contributed by atoms with E-state index in [9.17, 15) is 17.6 Å². The van der Waals surface area contributed by atoms with Gasteiger partial charge >= 0.3 is 0 Å². The number of rotatable bonds is 5. The highest BCUT2D eigenvalue weighted by molar-refractivity contribution is 7.89. The Balaban J connectivity index is 1.54. The molecule has 7 nitrogen and oxygen atoms in total. The van der Waals surface area contributed by atoms with Gasteiger partial charge in [-0.1, -0.05) is 36.4 Å². The van der Waals surface area contributed by atoms with Crippen LogP contribution in [0.4, 0.5) is 4.39 Å². The number of sulfonamides is 1. The van der Waals surface area contributed by atoms with Crippen molar-refractivity contribution in [2.45, 2.75) is 30.6 Å². The molecule has 0 radical (unpaired) electrons. The SMILES string of the molecule is Cc1ccc(S(=O)(=O)N2CCC(c3nc(-c4ccccc4)c(C(N)=O)[nH]3)CC2)cc1F. The number of aromatic amines is 1. The summed E-state index contributed by atoms with van der Waals surface area (Å²) < 4.78 is 41.0. The van der Waals surface area contributed by atoms with E-state index in [1.54, 1.807) is 6.92 Å². The first-order valence-electron chi connectivity index (χ1n) is 9.99. The van der Waals surface area contributed by atoms with Crippen molar-refractivity contribution in [1.82, 2.24) is 14.3 Å². The predicted molar refractivity (Wildman–Crippen MR) is 114 cm³/mol. The van der Waals surface area contributed by atoms with Crippen LogP contribution in [0.3, 0.4) is 0 Å². The Labute approximate surface area is 180 Å². The van der Waals surface area contributed by atoms with E-state index < -0.39 is 21.7 Å². The molecule has 0 spiro atoms. The topological polar surface area (TPSA) is 109 Å². The lowest BCUT2D eigenvalue weighted by molar-refractivity contribution is 0.0996. The molecule has 0 unspecified atom stereocenters. The molecule has 0 atom stereocenters. The van der Waals surface area contributed by atoms with E-state index in [4.69, 9.17) is 5.73 Å². The largest absolute Gasteiger partial charge is 0.364 e. The van der Waals surface area contributed by atoms with Crippen molar-refractivity contribution in [2.24, 2.45) is 5.73 Å². The second-order valence-corrected chi connectivity index (χ2v) is 9.60. The summed E-state index contributed by atoms with van der Waals surface area (Å²) in [6, 6.07) is 13.2. The Hall–Kier alpha value is -3.04. The van der Waals surface area contributed by atoms with Crippen LogP contribution in [0.25, 0.3) is 11.3 Å². The van der Waals surface area contributed by atoms with Gasteiger partial charge in [-0.05, 0) is 37.5 Å². The molecule has 3 aromatic rings. The van der Waals surface area contributed by atoms with Crippen LogP contribution in [0.2, 0.25) is 0 Å². The van der Waals surface area contributed by atoms with Gasteiger partial charge in [-0.15, -0.1) is 0 Å². The van der Waals surface area contributed by atoms with Crippen molar-refractivity contribution in [2.75, 3.05) is 13.1 Å². The maximum absolute atomic E-state index is 13.9. The van der Waals surface area contributed by atoms with Crippen molar-refractivity contribution < 1.29 is 17.6 Å². The number of halogens is 1. The Bertz CT molecular complexity index is 1220. The van der Waals surface area contributed by atoms with E-state index in [-0.39, 0.29) is 29.6 Å². The van der Waals surface area contributed by atoms with Crippen LogP contribution >= 0.6 is 0 Å². The number of nitrogens with one attached hydrogen (secondary N) is 1. The number of H-pyrrole nitrogens is 1. The smallest absolute Gasteiger partial charge is 0.267 e. The number of carbonyl (C=O) groups excluding carboxylic acids is 1. The van der Waals surface area contributed by atoms with Gasteiger partial charge < -0.3 is 10.7 Å². The highest BCUT2D eigenvalue weighted by Crippen LogP contribution is 2.32. The van der Waals surface area contributed by atoms with E-state index in [0.717, 1.165) is 11.6 Å². The molecule has 1 aromatic heterocycles. The summed E-state index contributed by atoms with van der Waals surface area (Å²) >= 11 is 0. The summed E-state index contributed by atoms with van der Waals surface area (Å²) in [5.74, 6) is -0.569. The molecule has 3 N–H and O–H groups in total. The lowest BCUT2D eigenvalue weighted by atomic mass is 9.97. The number of piperidine rings is 1. The van der Waals surface area contributed by atoms with Gasteiger partial charge in [0.25, 0.3) is 5.91 Å². The third-order valence-corrected chi connectivity index (χ3v) is 7.53. The Morgan fingerprint density at radius 1 is 1.16 bits per heavy atom. The summed E-state index contributed by atoms with van der Waals surface area (Å²) in [6.45, 7) is 2.14. The average Bonchev–Trinajstić information content (AvgIpc) is 3.22. The number of aromatic nitrogens is 2. The van der Waals surface area contributed by atoms with E-state index in [0.29, 0.717) is 29.9 Å². The third kappa shape index (κ3) is 4.11. The van der Waals surface area contributed by atoms with Crippen LogP contribution in [0.15, 0.2) is 53.4 Å². The van der Waals surface area contributed by atoms with Crippen molar-refractivity contribution >= 4 is 15.9 Å². The number of hydrogen-bond donors (Lipinski definition) is 2. The molecule has 1 amide bonds. The fourth-order valence-corrected chi connectivity index (χ4v) is 5.30. The fraction of sp³-hybridized carbons (Fsp3) is 0.273. The summed E-state index contributed by atoms with van der Waals surface area (Å²) in [7, 11) is -3.78. The van der Waals surface area contributed by atoms with Gasteiger partial charge in [0.15, 0.2) is 0 Å². The van der Waals surface area contributed by atoms with Crippen LogP contribution in [-0.4, -0.2) is 41.7 Å². The second-order valence-electron chi connectivity index (χ2n) is 7.67. The summed E-state index contributed by atoms with van der Waals surface area (Å²) in [4.78, 5) is 19.5. The third-order valence-electron chi connectivity index (χ3n) is 5.64. The van der Waals surface area contributed by atoms with Crippen LogP contribution < -0.4 is 5.73 Å². The zero-order chi connectivity index (χ0) is 22.2. The van der Waals surface area contributed by atoms with Crippen LogP contribution in [0.5, 0.6) is 0 Å². The minimum absolute atomic E-state index is 0.0447. The van der Waals surface area contributed by atoms with Crippen molar-refractivity contribution in [3.63, 3.8) is 0 Å². The first-order chi connectivity index (χ1) is 14.8. The molecule has 0 aliphatic carbocycles. The molecule has 1 aliphatic rings. The van der Waals surface area contributed by atoms with Crippen molar-refractivity contribution in [3.05, 3.63) is 71.4 Å². The maximum Gasteiger partial charge on any atom is 0.267 e. The zero-order valence-corrected chi connectivity index (χ0v) is 17.8. The lowest BCUT2D eigenvalue weighted by Gasteiger charge is -2.30. The average molecular weight is 443 g/mol. The van der Waals surface area contributed by atoms with E-state index in [1.807, 2.05) is 30.3 Å². The van der Waals surface area contributed by atoms with Crippen molar-refractivity contribution in [1.29, 1.82) is 0 Å². The summed E-state index contributed by atoms with van der Waals surface area (Å²) in [5, 5.41) is 0. The number of aryl methyl sites for hydroxylation is 1. The Morgan fingerprint density at radius 3 is 2.45 bits per heavy atom. The molecule has 0 saturated carbocycles. The summed E-state index contributed by atoms with van der Waals surface area (Å²) in [6.07, 6.45) is 1.04. The minimum atomic E-state index is -3.78. The highest BCUT2D eigenvalue weighted by Gasteiger charge is 2.32. The number of nitrogens with two attached hydrogens (primary N) is 1. The summed E-state index contributed by atoms with van der Waals surface area (Å²) in [5.41, 5.74) is 7.44. The molecule has 2 heterocycles. The number of carbonyl (C=O) groups is 1. The number of imidazole rings is 1. The number of hydrogen-bond acceptors (Lipinski definition) is 4. The molecule has 1 saturated heterocycles. The van der Waals surface area contributed by atoms with E-state index in [2.05, 4.69) is 9.97 Å². The van der Waals surface area contributed by atoms with Gasteiger partial charge in [0.2, 0.25) is 10.0 Å². The van der Waals surface area contributed by atoms with E-state index >= 15 is 0 Å². The van der Waals surface area contributed by atoms with Gasteiger partial charge in [-0.2, -0.15) is 4.31 Å². The normalized spacial score (nSPS) is 15.8. The standard InChI is InChI=1S/C22H23FN4O3S/c1-14-7-8-17(13-18(14)23)31(29,30)27-11-9-16(10-12-27)22-25-19(20(26-22)21(24)28)15-5-3-2-4-6-15/h2-8,13,16H,9-12H2,1H3,(H2,24,28)(H,25,26). The van der Waals surface area contributed by atoms with E-state index in [1.165, 1.54) is 16.4 Å². The number of nitrogens with zero attached hydrogens (tertiary/aromatic N) is 2. The second kappa shape index (κ2) is 8.24. The molecule has 0 bridgehead atoms. The quantitative estimate of drug-likeness (QED) is 0.632. The lowest BCUT2D eigenvalue weighted by Crippen LogP contribution is -2.38. The van der Waals surface area contributed by atoms with Gasteiger partial charge in [-0.25, -0.2) is 17.8 Å². The van der Waals surface area contributed by atoms with Crippen molar-refractivity contribution in [3.8, 4) is 11.3 Å². The number of primary amides is 1. The molecule has 2 aromatic carbocycles.